The summed E-state index contributed by atoms with van der Waals surface area (Å²) >= 11 is 1.66. The smallest absolute Gasteiger partial charge is 0.251 e. The molecular formula is C18H16N2OS. The third-order valence-electron chi connectivity index (χ3n) is 3.38. The number of amides is 1. The van der Waals surface area contributed by atoms with Crippen LogP contribution in [-0.4, -0.2) is 10.9 Å². The van der Waals surface area contributed by atoms with Gasteiger partial charge in [0.25, 0.3) is 5.91 Å². The van der Waals surface area contributed by atoms with Crippen molar-refractivity contribution in [1.29, 1.82) is 0 Å². The van der Waals surface area contributed by atoms with Crippen LogP contribution in [0.3, 0.4) is 0 Å². The number of thiophene rings is 1. The topological polar surface area (TPSA) is 42.0 Å². The van der Waals surface area contributed by atoms with E-state index in [-0.39, 0.29) is 5.91 Å². The van der Waals surface area contributed by atoms with Gasteiger partial charge in [0, 0.05) is 30.1 Å². The van der Waals surface area contributed by atoms with Gasteiger partial charge in [-0.25, -0.2) is 0 Å². The highest BCUT2D eigenvalue weighted by atomic mass is 32.1. The lowest BCUT2D eigenvalue weighted by atomic mass is 10.1. The number of hydrogen-bond acceptors (Lipinski definition) is 3. The molecule has 0 saturated heterocycles. The van der Waals surface area contributed by atoms with E-state index < -0.39 is 0 Å². The van der Waals surface area contributed by atoms with Crippen molar-refractivity contribution in [1.82, 2.24) is 10.3 Å². The summed E-state index contributed by atoms with van der Waals surface area (Å²) in [7, 11) is 0. The van der Waals surface area contributed by atoms with E-state index >= 15 is 0 Å². The maximum absolute atomic E-state index is 12.2. The van der Waals surface area contributed by atoms with E-state index in [0.717, 1.165) is 22.3 Å². The Morgan fingerprint density at radius 3 is 2.86 bits per heavy atom. The Hall–Kier alpha value is -2.46. The monoisotopic (exact) mass is 308 g/mol. The number of nitrogens with one attached hydrogen (secondary N) is 1. The molecule has 2 heterocycles. The molecule has 0 fully saturated rings. The van der Waals surface area contributed by atoms with Crippen LogP contribution < -0.4 is 5.32 Å². The normalized spacial score (nSPS) is 10.4. The average Bonchev–Trinajstić information content (AvgIpc) is 3.07. The van der Waals surface area contributed by atoms with Gasteiger partial charge in [-0.2, -0.15) is 11.3 Å². The first-order valence-electron chi connectivity index (χ1n) is 7.04. The van der Waals surface area contributed by atoms with Gasteiger partial charge >= 0.3 is 0 Å². The summed E-state index contributed by atoms with van der Waals surface area (Å²) in [5.41, 5.74) is 4.98. The van der Waals surface area contributed by atoms with E-state index in [1.54, 1.807) is 17.5 Å². The van der Waals surface area contributed by atoms with Gasteiger partial charge in [-0.3, -0.25) is 9.78 Å². The van der Waals surface area contributed by atoms with Gasteiger partial charge in [0.2, 0.25) is 0 Å². The molecular weight excluding hydrogens is 292 g/mol. The SMILES string of the molecule is Cc1cccc(C(=O)NCc2cncc(-c3ccsc3)c2)c1. The highest BCUT2D eigenvalue weighted by molar-refractivity contribution is 7.08. The van der Waals surface area contributed by atoms with Crippen molar-refractivity contribution in [2.24, 2.45) is 0 Å². The molecule has 110 valence electrons. The number of aryl methyl sites for hydroxylation is 1. The second-order valence-electron chi connectivity index (χ2n) is 5.15. The van der Waals surface area contributed by atoms with Crippen molar-refractivity contribution in [3.63, 3.8) is 0 Å². The van der Waals surface area contributed by atoms with Crippen LogP contribution in [0.25, 0.3) is 11.1 Å². The zero-order valence-electron chi connectivity index (χ0n) is 12.2. The van der Waals surface area contributed by atoms with E-state index in [9.17, 15) is 4.79 Å². The lowest BCUT2D eigenvalue weighted by molar-refractivity contribution is 0.0951. The number of benzene rings is 1. The fraction of sp³-hybridized carbons (Fsp3) is 0.111. The first-order chi connectivity index (χ1) is 10.7. The van der Waals surface area contributed by atoms with Crippen molar-refractivity contribution in [3.8, 4) is 11.1 Å². The largest absolute Gasteiger partial charge is 0.348 e. The van der Waals surface area contributed by atoms with Gasteiger partial charge in [-0.15, -0.1) is 0 Å². The molecule has 0 aliphatic rings. The first kappa shape index (κ1) is 14.5. The Morgan fingerprint density at radius 1 is 1.18 bits per heavy atom. The van der Waals surface area contributed by atoms with Crippen LogP contribution in [0, 0.1) is 6.92 Å². The molecule has 3 rings (SSSR count). The van der Waals surface area contributed by atoms with Crippen LogP contribution in [0.4, 0.5) is 0 Å². The van der Waals surface area contributed by atoms with E-state index in [0.29, 0.717) is 12.1 Å². The summed E-state index contributed by atoms with van der Waals surface area (Å²) in [4.78, 5) is 16.4. The Kier molecular flexibility index (Phi) is 4.30. The van der Waals surface area contributed by atoms with Gasteiger partial charge in [-0.05, 0) is 53.1 Å². The summed E-state index contributed by atoms with van der Waals surface area (Å²) in [6.45, 7) is 2.45. The van der Waals surface area contributed by atoms with Crippen LogP contribution in [0.15, 0.2) is 59.6 Å². The van der Waals surface area contributed by atoms with Gasteiger partial charge in [0.15, 0.2) is 0 Å². The number of rotatable bonds is 4. The number of aromatic nitrogens is 1. The van der Waals surface area contributed by atoms with Crippen molar-refractivity contribution in [2.45, 2.75) is 13.5 Å². The molecule has 1 amide bonds. The minimum Gasteiger partial charge on any atom is -0.348 e. The Balaban J connectivity index is 1.69. The molecule has 3 aromatic rings. The molecule has 0 aliphatic carbocycles. The maximum atomic E-state index is 12.2. The van der Waals surface area contributed by atoms with Crippen molar-refractivity contribution < 1.29 is 4.79 Å². The summed E-state index contributed by atoms with van der Waals surface area (Å²) in [6.07, 6.45) is 3.63. The summed E-state index contributed by atoms with van der Waals surface area (Å²) in [5.74, 6) is -0.0652. The lowest BCUT2D eigenvalue weighted by Crippen LogP contribution is -2.22. The van der Waals surface area contributed by atoms with Gasteiger partial charge < -0.3 is 5.32 Å². The Morgan fingerprint density at radius 2 is 2.09 bits per heavy atom. The highest BCUT2D eigenvalue weighted by Gasteiger charge is 2.06. The summed E-state index contributed by atoms with van der Waals surface area (Å²) in [6, 6.07) is 11.7. The number of carbonyl (C=O) groups is 1. The van der Waals surface area contributed by atoms with Crippen LogP contribution >= 0.6 is 11.3 Å². The van der Waals surface area contributed by atoms with E-state index in [4.69, 9.17) is 0 Å². The number of nitrogens with zero attached hydrogens (tertiary/aromatic N) is 1. The maximum Gasteiger partial charge on any atom is 0.251 e. The van der Waals surface area contributed by atoms with E-state index in [1.165, 1.54) is 0 Å². The number of hydrogen-bond donors (Lipinski definition) is 1. The summed E-state index contributed by atoms with van der Waals surface area (Å²) in [5, 5.41) is 7.07. The zero-order valence-corrected chi connectivity index (χ0v) is 13.1. The Bertz CT molecular complexity index is 781. The zero-order chi connectivity index (χ0) is 15.4. The fourth-order valence-corrected chi connectivity index (χ4v) is 2.91. The van der Waals surface area contributed by atoms with E-state index in [2.05, 4.69) is 27.8 Å². The average molecular weight is 308 g/mol. The minimum atomic E-state index is -0.0652. The molecule has 1 aromatic carbocycles. The number of carbonyl (C=O) groups excluding carboxylic acids is 1. The molecule has 4 heteroatoms. The van der Waals surface area contributed by atoms with Crippen molar-refractivity contribution >= 4 is 17.2 Å². The van der Waals surface area contributed by atoms with Crippen LogP contribution in [0.5, 0.6) is 0 Å². The minimum absolute atomic E-state index is 0.0652. The van der Waals surface area contributed by atoms with Crippen molar-refractivity contribution in [2.75, 3.05) is 0 Å². The second kappa shape index (κ2) is 6.54. The molecule has 0 bridgehead atoms. The van der Waals surface area contributed by atoms with Gasteiger partial charge in [-0.1, -0.05) is 17.7 Å². The molecule has 0 unspecified atom stereocenters. The second-order valence-corrected chi connectivity index (χ2v) is 5.93. The van der Waals surface area contributed by atoms with Crippen molar-refractivity contribution in [3.05, 3.63) is 76.2 Å². The van der Waals surface area contributed by atoms with Gasteiger partial charge in [0.1, 0.15) is 0 Å². The molecule has 3 nitrogen and oxygen atoms in total. The quantitative estimate of drug-likeness (QED) is 0.790. The molecule has 22 heavy (non-hydrogen) atoms. The fourth-order valence-electron chi connectivity index (χ4n) is 2.24. The third kappa shape index (κ3) is 3.40. The molecule has 0 aliphatic heterocycles. The molecule has 0 spiro atoms. The van der Waals surface area contributed by atoms with Crippen LogP contribution in [-0.2, 0) is 6.54 Å². The predicted molar refractivity (Wildman–Crippen MR) is 89.9 cm³/mol. The molecule has 1 N–H and O–H groups in total. The van der Waals surface area contributed by atoms with Crippen LogP contribution in [0.2, 0.25) is 0 Å². The molecule has 0 atom stereocenters. The highest BCUT2D eigenvalue weighted by Crippen LogP contribution is 2.21. The first-order valence-corrected chi connectivity index (χ1v) is 7.98. The van der Waals surface area contributed by atoms with E-state index in [1.807, 2.05) is 42.8 Å². The third-order valence-corrected chi connectivity index (χ3v) is 4.07. The predicted octanol–water partition coefficient (Wildman–Crippen LogP) is 4.05. The lowest BCUT2D eigenvalue weighted by Gasteiger charge is -2.07. The van der Waals surface area contributed by atoms with Gasteiger partial charge in [0.05, 0.1) is 0 Å². The molecule has 0 radical (unpaired) electrons. The Labute approximate surface area is 133 Å². The molecule has 0 saturated carbocycles. The number of pyridine rings is 1. The molecule has 2 aromatic heterocycles. The summed E-state index contributed by atoms with van der Waals surface area (Å²) < 4.78 is 0. The standard InChI is InChI=1S/C18H16N2OS/c1-13-3-2-4-15(7-13)18(21)20-10-14-8-17(11-19-9-14)16-5-6-22-12-16/h2-9,11-12H,10H2,1H3,(H,20,21). The van der Waals surface area contributed by atoms with Crippen LogP contribution in [0.1, 0.15) is 21.5 Å².